The molecule has 0 bridgehead atoms. The molecular formula is C21H20N2O3S2. The Balaban J connectivity index is 1.84. The van der Waals surface area contributed by atoms with Gasteiger partial charge in [-0.25, -0.2) is 4.79 Å². The van der Waals surface area contributed by atoms with Gasteiger partial charge in [-0.05, 0) is 29.3 Å². The fourth-order valence-corrected chi connectivity index (χ4v) is 4.25. The van der Waals surface area contributed by atoms with Crippen LogP contribution in [0.15, 0.2) is 59.5 Å². The van der Waals surface area contributed by atoms with Gasteiger partial charge >= 0.3 is 5.97 Å². The Bertz CT molecular complexity index is 924. The van der Waals surface area contributed by atoms with Crippen molar-refractivity contribution in [3.8, 4) is 0 Å². The summed E-state index contributed by atoms with van der Waals surface area (Å²) in [6.45, 7) is 0. The van der Waals surface area contributed by atoms with Crippen LogP contribution >= 0.6 is 24.0 Å². The molecule has 1 saturated heterocycles. The van der Waals surface area contributed by atoms with Crippen molar-refractivity contribution < 1.29 is 14.7 Å². The number of anilines is 1. The highest BCUT2D eigenvalue weighted by atomic mass is 32.2. The first-order valence-corrected chi connectivity index (χ1v) is 9.90. The maximum atomic E-state index is 12.9. The second-order valence-electron chi connectivity index (χ2n) is 6.58. The minimum atomic E-state index is -1.07. The summed E-state index contributed by atoms with van der Waals surface area (Å²) in [5, 5.41) is 9.70. The zero-order chi connectivity index (χ0) is 20.3. The van der Waals surface area contributed by atoms with Crippen LogP contribution in [0.25, 0.3) is 6.08 Å². The average molecular weight is 413 g/mol. The summed E-state index contributed by atoms with van der Waals surface area (Å²) in [6.07, 6.45) is 1.95. The highest BCUT2D eigenvalue weighted by molar-refractivity contribution is 8.26. The number of thiocarbonyl (C=S) groups is 1. The standard InChI is InChI=1S/C21H20N2O3S2/c1-22(2)16-10-8-15(9-11-16)13-18-19(24)23(21(27)28-18)17(20(25)26)12-14-6-4-3-5-7-14/h3-11,13,17H,12H2,1-2H3,(H,25,26)/b18-13+. The third-order valence-corrected chi connectivity index (χ3v) is 5.73. The molecule has 0 spiro atoms. The first kappa shape index (κ1) is 20.1. The van der Waals surface area contributed by atoms with Crippen LogP contribution in [-0.2, 0) is 16.0 Å². The molecule has 1 aliphatic rings. The number of carbonyl (C=O) groups excluding carboxylic acids is 1. The predicted octanol–water partition coefficient (Wildman–Crippen LogP) is 3.65. The van der Waals surface area contributed by atoms with Crippen molar-refractivity contribution in [1.29, 1.82) is 0 Å². The van der Waals surface area contributed by atoms with Crippen LogP contribution < -0.4 is 4.90 Å². The van der Waals surface area contributed by atoms with Crippen molar-refractivity contribution >= 4 is 51.9 Å². The number of rotatable bonds is 6. The third-order valence-electron chi connectivity index (χ3n) is 4.40. The van der Waals surface area contributed by atoms with E-state index in [0.717, 1.165) is 28.6 Å². The number of nitrogens with zero attached hydrogens (tertiary/aromatic N) is 2. The van der Waals surface area contributed by atoms with E-state index in [9.17, 15) is 14.7 Å². The maximum Gasteiger partial charge on any atom is 0.327 e. The number of benzene rings is 2. The van der Waals surface area contributed by atoms with E-state index in [1.54, 1.807) is 6.08 Å². The largest absolute Gasteiger partial charge is 0.480 e. The fraction of sp³-hybridized carbons (Fsp3) is 0.190. The number of hydrogen-bond acceptors (Lipinski definition) is 5. The van der Waals surface area contributed by atoms with Crippen molar-refractivity contribution in [3.05, 3.63) is 70.6 Å². The number of carbonyl (C=O) groups is 2. The summed E-state index contributed by atoms with van der Waals surface area (Å²) in [6, 6.07) is 16.0. The van der Waals surface area contributed by atoms with Gasteiger partial charge in [-0.3, -0.25) is 9.69 Å². The van der Waals surface area contributed by atoms with Gasteiger partial charge in [0.25, 0.3) is 5.91 Å². The van der Waals surface area contributed by atoms with Gasteiger partial charge < -0.3 is 10.0 Å². The molecule has 1 amide bonds. The Labute approximate surface area is 173 Å². The minimum Gasteiger partial charge on any atom is -0.480 e. The highest BCUT2D eigenvalue weighted by Crippen LogP contribution is 2.35. The molecule has 3 rings (SSSR count). The van der Waals surface area contributed by atoms with Crippen molar-refractivity contribution in [2.24, 2.45) is 0 Å². The lowest BCUT2D eigenvalue weighted by Gasteiger charge is -2.23. The van der Waals surface area contributed by atoms with Gasteiger partial charge in [0, 0.05) is 26.2 Å². The SMILES string of the molecule is CN(C)c1ccc(/C=C2/SC(=S)N(C(Cc3ccccc3)C(=O)O)C2=O)cc1. The molecule has 1 N–H and O–H groups in total. The van der Waals surface area contributed by atoms with Crippen molar-refractivity contribution in [1.82, 2.24) is 4.90 Å². The topological polar surface area (TPSA) is 60.9 Å². The Hall–Kier alpha value is -2.64. The molecular weight excluding hydrogens is 392 g/mol. The lowest BCUT2D eigenvalue weighted by Crippen LogP contribution is -2.45. The second-order valence-corrected chi connectivity index (χ2v) is 8.26. The lowest BCUT2D eigenvalue weighted by molar-refractivity contribution is -0.145. The summed E-state index contributed by atoms with van der Waals surface area (Å²) < 4.78 is 0.268. The van der Waals surface area contributed by atoms with E-state index in [2.05, 4.69) is 0 Å². The average Bonchev–Trinajstić information content (AvgIpc) is 2.94. The third kappa shape index (κ3) is 4.43. The molecule has 2 aromatic rings. The van der Waals surface area contributed by atoms with Crippen molar-refractivity contribution in [3.63, 3.8) is 0 Å². The Morgan fingerprint density at radius 1 is 1.18 bits per heavy atom. The molecule has 144 valence electrons. The molecule has 0 aliphatic carbocycles. The lowest BCUT2D eigenvalue weighted by atomic mass is 10.0. The molecule has 0 saturated carbocycles. The molecule has 1 unspecified atom stereocenters. The van der Waals surface area contributed by atoms with Gasteiger partial charge in [0.15, 0.2) is 0 Å². The molecule has 1 heterocycles. The van der Waals surface area contributed by atoms with Gasteiger partial charge in [-0.2, -0.15) is 0 Å². The van der Waals surface area contributed by atoms with E-state index in [1.165, 1.54) is 4.90 Å². The van der Waals surface area contributed by atoms with E-state index in [-0.39, 0.29) is 16.6 Å². The number of aliphatic carboxylic acids is 1. The number of carboxylic acid groups (broad SMARTS) is 1. The zero-order valence-electron chi connectivity index (χ0n) is 15.5. The highest BCUT2D eigenvalue weighted by Gasteiger charge is 2.40. The molecule has 2 aromatic carbocycles. The molecule has 7 heteroatoms. The van der Waals surface area contributed by atoms with Gasteiger partial charge in [-0.15, -0.1) is 0 Å². The quantitative estimate of drug-likeness (QED) is 0.577. The minimum absolute atomic E-state index is 0.202. The molecule has 0 radical (unpaired) electrons. The first-order chi connectivity index (χ1) is 13.4. The summed E-state index contributed by atoms with van der Waals surface area (Å²) >= 11 is 6.47. The van der Waals surface area contributed by atoms with Crippen LogP contribution in [-0.4, -0.2) is 46.3 Å². The van der Waals surface area contributed by atoms with E-state index in [0.29, 0.717) is 4.91 Å². The number of amides is 1. The Kier molecular flexibility index (Phi) is 6.16. The van der Waals surface area contributed by atoms with Crippen molar-refractivity contribution in [2.75, 3.05) is 19.0 Å². The van der Waals surface area contributed by atoms with Crippen LogP contribution in [0.3, 0.4) is 0 Å². The normalized spacial score (nSPS) is 16.5. The van der Waals surface area contributed by atoms with Gasteiger partial charge in [0.1, 0.15) is 10.4 Å². The Morgan fingerprint density at radius 3 is 2.39 bits per heavy atom. The van der Waals surface area contributed by atoms with Crippen LogP contribution in [0.5, 0.6) is 0 Å². The van der Waals surface area contributed by atoms with Crippen LogP contribution in [0.4, 0.5) is 5.69 Å². The predicted molar refractivity (Wildman–Crippen MR) is 117 cm³/mol. The summed E-state index contributed by atoms with van der Waals surface area (Å²) in [7, 11) is 3.91. The van der Waals surface area contributed by atoms with Gasteiger partial charge in [0.05, 0.1) is 4.91 Å². The molecule has 28 heavy (non-hydrogen) atoms. The smallest absolute Gasteiger partial charge is 0.327 e. The second kappa shape index (κ2) is 8.58. The molecule has 5 nitrogen and oxygen atoms in total. The van der Waals surface area contributed by atoms with Gasteiger partial charge in [-0.1, -0.05) is 66.4 Å². The first-order valence-electron chi connectivity index (χ1n) is 8.68. The number of hydrogen-bond donors (Lipinski definition) is 1. The van der Waals surface area contributed by atoms with Crippen LogP contribution in [0.2, 0.25) is 0 Å². The molecule has 1 atom stereocenters. The van der Waals surface area contributed by atoms with E-state index in [1.807, 2.05) is 73.6 Å². The zero-order valence-corrected chi connectivity index (χ0v) is 17.2. The number of carboxylic acids is 1. The molecule has 1 fully saturated rings. The van der Waals surface area contributed by atoms with Crippen molar-refractivity contribution in [2.45, 2.75) is 12.5 Å². The van der Waals surface area contributed by atoms with Crippen LogP contribution in [0, 0.1) is 0 Å². The van der Waals surface area contributed by atoms with E-state index in [4.69, 9.17) is 12.2 Å². The summed E-state index contributed by atoms with van der Waals surface area (Å²) in [4.78, 5) is 28.4. The fourth-order valence-electron chi connectivity index (χ4n) is 2.89. The number of thioether (sulfide) groups is 1. The molecule has 0 aromatic heterocycles. The summed E-state index contributed by atoms with van der Waals surface area (Å²) in [5.74, 6) is -1.44. The monoisotopic (exact) mass is 412 g/mol. The van der Waals surface area contributed by atoms with E-state index < -0.39 is 12.0 Å². The van der Waals surface area contributed by atoms with Gasteiger partial charge in [0.2, 0.25) is 0 Å². The van der Waals surface area contributed by atoms with E-state index >= 15 is 0 Å². The van der Waals surface area contributed by atoms with Crippen LogP contribution in [0.1, 0.15) is 11.1 Å². The molecule has 1 aliphatic heterocycles. The maximum absolute atomic E-state index is 12.9. The summed E-state index contributed by atoms with van der Waals surface area (Å²) in [5.41, 5.74) is 2.76. The Morgan fingerprint density at radius 2 is 1.82 bits per heavy atom.